The molecule has 0 radical (unpaired) electrons. The predicted octanol–water partition coefficient (Wildman–Crippen LogP) is 2.84. The van der Waals surface area contributed by atoms with Crippen LogP contribution in [0.2, 0.25) is 0 Å². The number of piperidine rings is 1. The molecule has 2 aromatic heterocycles. The average molecular weight is 323 g/mol. The third-order valence-corrected chi connectivity index (χ3v) is 4.61. The van der Waals surface area contributed by atoms with E-state index < -0.39 is 0 Å². The zero-order valence-electron chi connectivity index (χ0n) is 13.7. The van der Waals surface area contributed by atoms with E-state index in [0.29, 0.717) is 17.3 Å². The summed E-state index contributed by atoms with van der Waals surface area (Å²) in [5.74, 6) is 1.00. The highest BCUT2D eigenvalue weighted by atomic mass is 16.3. The molecule has 0 amide bonds. The van der Waals surface area contributed by atoms with Crippen LogP contribution in [0.4, 0.5) is 5.82 Å². The molecule has 6 nitrogen and oxygen atoms in total. The van der Waals surface area contributed by atoms with Crippen LogP contribution in [0.1, 0.15) is 12.8 Å². The van der Waals surface area contributed by atoms with Gasteiger partial charge in [0.2, 0.25) is 0 Å². The first-order valence-corrected chi connectivity index (χ1v) is 8.29. The van der Waals surface area contributed by atoms with Crippen LogP contribution in [0.25, 0.3) is 22.2 Å². The minimum atomic E-state index is 0.206. The molecular weight excluding hydrogens is 302 g/mol. The molecule has 1 aromatic carbocycles. The smallest absolute Gasteiger partial charge is 0.158 e. The minimum absolute atomic E-state index is 0.206. The second-order valence-electron chi connectivity index (χ2n) is 6.43. The molecule has 3 heterocycles. The summed E-state index contributed by atoms with van der Waals surface area (Å²) in [6, 6.07) is 9.58. The number of aromatic hydroxyl groups is 1. The van der Waals surface area contributed by atoms with Crippen LogP contribution in [0, 0.1) is 0 Å². The fourth-order valence-corrected chi connectivity index (χ4v) is 3.41. The van der Waals surface area contributed by atoms with Crippen molar-refractivity contribution in [3.05, 3.63) is 36.5 Å². The van der Waals surface area contributed by atoms with Crippen LogP contribution in [-0.4, -0.2) is 51.4 Å². The fourth-order valence-electron chi connectivity index (χ4n) is 3.41. The quantitative estimate of drug-likeness (QED) is 0.691. The second-order valence-corrected chi connectivity index (χ2v) is 6.43. The van der Waals surface area contributed by atoms with Crippen molar-refractivity contribution in [2.75, 3.05) is 25.5 Å². The van der Waals surface area contributed by atoms with Gasteiger partial charge in [0, 0.05) is 29.7 Å². The number of H-pyrrole nitrogens is 1. The zero-order valence-corrected chi connectivity index (χ0v) is 13.7. The van der Waals surface area contributed by atoms with Crippen molar-refractivity contribution < 1.29 is 5.11 Å². The number of hydrogen-bond acceptors (Lipinski definition) is 5. The predicted molar refractivity (Wildman–Crippen MR) is 95.1 cm³/mol. The highest BCUT2D eigenvalue weighted by molar-refractivity contribution is 5.98. The standard InChI is InChI=1S/C18H21N5O/c1-23-10-4-5-12(11-23)20-18-14-8-9-19-16(14)17(21-22-18)13-6-2-3-7-15(13)24/h2-3,6-9,12,19,24H,4-5,10-11H2,1H3,(H,20,22)/t12-/m1/s1. The maximum Gasteiger partial charge on any atom is 0.158 e. The average Bonchev–Trinajstić information content (AvgIpc) is 3.06. The summed E-state index contributed by atoms with van der Waals surface area (Å²) in [7, 11) is 2.15. The van der Waals surface area contributed by atoms with Crippen LogP contribution in [0.15, 0.2) is 36.5 Å². The fraction of sp³-hybridized carbons (Fsp3) is 0.333. The highest BCUT2D eigenvalue weighted by Gasteiger charge is 2.20. The van der Waals surface area contributed by atoms with Gasteiger partial charge in [0.1, 0.15) is 11.4 Å². The van der Waals surface area contributed by atoms with E-state index in [4.69, 9.17) is 0 Å². The number of nitrogens with zero attached hydrogens (tertiary/aromatic N) is 3. The van der Waals surface area contributed by atoms with Crippen LogP contribution in [0.3, 0.4) is 0 Å². The zero-order chi connectivity index (χ0) is 16.5. The molecule has 4 rings (SSSR count). The van der Waals surface area contributed by atoms with E-state index in [1.807, 2.05) is 24.4 Å². The normalized spacial score (nSPS) is 18.8. The van der Waals surface area contributed by atoms with E-state index in [1.54, 1.807) is 12.1 Å². The largest absolute Gasteiger partial charge is 0.507 e. The molecule has 1 aliphatic heterocycles. The summed E-state index contributed by atoms with van der Waals surface area (Å²) in [5, 5.41) is 23.4. The van der Waals surface area contributed by atoms with Gasteiger partial charge in [-0.15, -0.1) is 10.2 Å². The Balaban J connectivity index is 1.71. The van der Waals surface area contributed by atoms with E-state index in [-0.39, 0.29) is 5.75 Å². The van der Waals surface area contributed by atoms with Gasteiger partial charge in [0.15, 0.2) is 5.82 Å². The number of rotatable bonds is 3. The van der Waals surface area contributed by atoms with Crippen molar-refractivity contribution in [1.29, 1.82) is 0 Å². The van der Waals surface area contributed by atoms with E-state index >= 15 is 0 Å². The van der Waals surface area contributed by atoms with E-state index in [2.05, 4.69) is 32.4 Å². The third-order valence-electron chi connectivity index (χ3n) is 4.61. The second kappa shape index (κ2) is 6.13. The Morgan fingerprint density at radius 1 is 1.25 bits per heavy atom. The molecule has 0 unspecified atom stereocenters. The molecule has 1 fully saturated rings. The van der Waals surface area contributed by atoms with Crippen molar-refractivity contribution >= 4 is 16.7 Å². The number of hydrogen-bond donors (Lipinski definition) is 3. The summed E-state index contributed by atoms with van der Waals surface area (Å²) in [5.41, 5.74) is 2.24. The van der Waals surface area contributed by atoms with Crippen LogP contribution in [0.5, 0.6) is 5.75 Å². The van der Waals surface area contributed by atoms with Gasteiger partial charge in [-0.05, 0) is 44.6 Å². The van der Waals surface area contributed by atoms with Gasteiger partial charge in [-0.3, -0.25) is 0 Å². The molecule has 1 aliphatic rings. The molecule has 1 saturated heterocycles. The van der Waals surface area contributed by atoms with Crippen molar-refractivity contribution in [3.8, 4) is 17.0 Å². The number of para-hydroxylation sites is 1. The lowest BCUT2D eigenvalue weighted by atomic mass is 10.1. The Morgan fingerprint density at radius 2 is 2.12 bits per heavy atom. The molecule has 0 saturated carbocycles. The monoisotopic (exact) mass is 323 g/mol. The number of likely N-dealkylation sites (tertiary alicyclic amines) is 1. The maximum absolute atomic E-state index is 10.1. The first kappa shape index (κ1) is 15.0. The van der Waals surface area contributed by atoms with Crippen LogP contribution < -0.4 is 5.32 Å². The number of phenols is 1. The van der Waals surface area contributed by atoms with Crippen LogP contribution in [-0.2, 0) is 0 Å². The molecule has 3 aromatic rings. The summed E-state index contributed by atoms with van der Waals surface area (Å²) in [6.07, 6.45) is 4.21. The molecule has 1 atom stereocenters. The Labute approximate surface area is 140 Å². The van der Waals surface area contributed by atoms with Crippen molar-refractivity contribution in [1.82, 2.24) is 20.1 Å². The minimum Gasteiger partial charge on any atom is -0.507 e. The number of likely N-dealkylation sites (N-methyl/N-ethyl adjacent to an activating group) is 1. The van der Waals surface area contributed by atoms with Gasteiger partial charge in [-0.25, -0.2) is 0 Å². The van der Waals surface area contributed by atoms with Crippen molar-refractivity contribution in [3.63, 3.8) is 0 Å². The SMILES string of the molecule is CN1CCC[C@@H](Nc2nnc(-c3ccccc3O)c3[nH]ccc23)C1. The number of anilines is 1. The summed E-state index contributed by atoms with van der Waals surface area (Å²) < 4.78 is 0. The molecule has 124 valence electrons. The molecule has 0 aliphatic carbocycles. The van der Waals surface area contributed by atoms with Gasteiger partial charge >= 0.3 is 0 Å². The van der Waals surface area contributed by atoms with E-state index in [0.717, 1.165) is 36.2 Å². The van der Waals surface area contributed by atoms with Crippen molar-refractivity contribution in [2.24, 2.45) is 0 Å². The van der Waals surface area contributed by atoms with E-state index in [1.165, 1.54) is 6.42 Å². The molecule has 0 bridgehead atoms. The van der Waals surface area contributed by atoms with Crippen molar-refractivity contribution in [2.45, 2.75) is 18.9 Å². The highest BCUT2D eigenvalue weighted by Crippen LogP contribution is 2.33. The molecule has 24 heavy (non-hydrogen) atoms. The first-order chi connectivity index (χ1) is 11.7. The van der Waals surface area contributed by atoms with Gasteiger partial charge in [0.25, 0.3) is 0 Å². The summed E-state index contributed by atoms with van der Waals surface area (Å²) in [6.45, 7) is 2.16. The molecule has 3 N–H and O–H groups in total. The Morgan fingerprint density at radius 3 is 2.96 bits per heavy atom. The Hall–Kier alpha value is -2.60. The van der Waals surface area contributed by atoms with E-state index in [9.17, 15) is 5.11 Å². The number of aromatic nitrogens is 3. The van der Waals surface area contributed by atoms with Gasteiger partial charge in [-0.1, -0.05) is 12.1 Å². The maximum atomic E-state index is 10.1. The lowest BCUT2D eigenvalue weighted by Gasteiger charge is -2.30. The lowest BCUT2D eigenvalue weighted by molar-refractivity contribution is 0.261. The lowest BCUT2D eigenvalue weighted by Crippen LogP contribution is -2.40. The van der Waals surface area contributed by atoms with Gasteiger partial charge in [-0.2, -0.15) is 0 Å². The third kappa shape index (κ3) is 2.69. The van der Waals surface area contributed by atoms with Gasteiger partial charge in [0.05, 0.1) is 5.52 Å². The summed E-state index contributed by atoms with van der Waals surface area (Å²) >= 11 is 0. The summed E-state index contributed by atoms with van der Waals surface area (Å²) in [4.78, 5) is 5.57. The van der Waals surface area contributed by atoms with Crippen LogP contribution >= 0.6 is 0 Å². The number of phenolic OH excluding ortho intramolecular Hbond substituents is 1. The molecular formula is C18H21N5O. The Kier molecular flexibility index (Phi) is 3.82. The topological polar surface area (TPSA) is 77.1 Å². The first-order valence-electron chi connectivity index (χ1n) is 8.29. The molecule has 6 heteroatoms. The number of aromatic amines is 1. The number of benzene rings is 1. The number of nitrogens with one attached hydrogen (secondary N) is 2. The molecule has 0 spiro atoms. The number of fused-ring (bicyclic) bond motifs is 1. The van der Waals surface area contributed by atoms with Gasteiger partial charge < -0.3 is 20.3 Å². The Bertz CT molecular complexity index is 859.